The fourth-order valence-corrected chi connectivity index (χ4v) is 3.76. The van der Waals surface area contributed by atoms with Crippen LogP contribution in [0, 0.1) is 13.8 Å². The minimum absolute atomic E-state index is 0.0264. The molecule has 0 spiro atoms. The van der Waals surface area contributed by atoms with Crippen LogP contribution in [0.2, 0.25) is 0 Å². The number of likely N-dealkylation sites (N-methyl/N-ethyl adjacent to an activating group) is 1. The van der Waals surface area contributed by atoms with Gasteiger partial charge in [-0.05, 0) is 33.4 Å². The molecule has 0 saturated carbocycles. The van der Waals surface area contributed by atoms with Crippen LogP contribution in [0.1, 0.15) is 17.4 Å². The van der Waals surface area contributed by atoms with E-state index in [1.165, 1.54) is 22.2 Å². The molecule has 2 aromatic rings. The number of nitrogens with one attached hydrogen (secondary N) is 2. The molecule has 1 amide bonds. The SMILES string of the molecule is CNC(C)CNC(=O)CSc1ncnc2sc(C)c(C)c12. The Labute approximate surface area is 132 Å². The van der Waals surface area contributed by atoms with Gasteiger partial charge in [-0.1, -0.05) is 11.8 Å². The lowest BCUT2D eigenvalue weighted by Crippen LogP contribution is -2.37. The number of rotatable bonds is 6. The number of aryl methyl sites for hydroxylation is 2. The van der Waals surface area contributed by atoms with E-state index < -0.39 is 0 Å². The molecule has 114 valence electrons. The average Bonchev–Trinajstić information content (AvgIpc) is 2.78. The fraction of sp³-hybridized carbons (Fsp3) is 0.500. The minimum Gasteiger partial charge on any atom is -0.354 e. The molecular weight excluding hydrogens is 304 g/mol. The van der Waals surface area contributed by atoms with Crippen molar-refractivity contribution >= 4 is 39.2 Å². The third-order valence-electron chi connectivity index (χ3n) is 3.37. The number of fused-ring (bicyclic) bond motifs is 1. The number of thioether (sulfide) groups is 1. The number of aromatic nitrogens is 2. The summed E-state index contributed by atoms with van der Waals surface area (Å²) < 4.78 is 0. The quantitative estimate of drug-likeness (QED) is 0.629. The Balaban J connectivity index is 2.02. The molecule has 0 aliphatic rings. The van der Waals surface area contributed by atoms with Gasteiger partial charge in [-0.2, -0.15) is 0 Å². The van der Waals surface area contributed by atoms with Crippen LogP contribution in [0.15, 0.2) is 11.4 Å². The van der Waals surface area contributed by atoms with E-state index in [4.69, 9.17) is 0 Å². The third kappa shape index (κ3) is 3.93. The van der Waals surface area contributed by atoms with Gasteiger partial charge >= 0.3 is 0 Å². The van der Waals surface area contributed by atoms with Gasteiger partial charge in [0.2, 0.25) is 5.91 Å². The molecule has 2 N–H and O–H groups in total. The first-order valence-electron chi connectivity index (χ1n) is 6.80. The summed E-state index contributed by atoms with van der Waals surface area (Å²) in [6, 6.07) is 0.270. The number of nitrogens with zero attached hydrogens (tertiary/aromatic N) is 2. The van der Waals surface area contributed by atoms with Crippen LogP contribution in [0.25, 0.3) is 10.2 Å². The molecule has 0 aliphatic carbocycles. The highest BCUT2D eigenvalue weighted by atomic mass is 32.2. The second-order valence-electron chi connectivity index (χ2n) is 4.92. The molecule has 0 fully saturated rings. The maximum absolute atomic E-state index is 11.9. The molecule has 0 bridgehead atoms. The summed E-state index contributed by atoms with van der Waals surface area (Å²) in [5, 5.41) is 7.97. The van der Waals surface area contributed by atoms with Gasteiger partial charge in [0.25, 0.3) is 0 Å². The van der Waals surface area contributed by atoms with Crippen molar-refractivity contribution in [1.82, 2.24) is 20.6 Å². The fourth-order valence-electron chi connectivity index (χ4n) is 1.81. The molecule has 5 nitrogen and oxygen atoms in total. The van der Waals surface area contributed by atoms with Crippen LogP contribution in [-0.2, 0) is 4.79 Å². The maximum Gasteiger partial charge on any atom is 0.230 e. The van der Waals surface area contributed by atoms with Gasteiger partial charge in [0.05, 0.1) is 5.75 Å². The summed E-state index contributed by atoms with van der Waals surface area (Å²) >= 11 is 3.14. The lowest BCUT2D eigenvalue weighted by atomic mass is 10.2. The lowest BCUT2D eigenvalue weighted by molar-refractivity contribution is -0.118. The Bertz CT molecular complexity index is 641. The van der Waals surface area contributed by atoms with Gasteiger partial charge in [-0.3, -0.25) is 4.79 Å². The highest BCUT2D eigenvalue weighted by molar-refractivity contribution is 8.00. The van der Waals surface area contributed by atoms with E-state index in [0.717, 1.165) is 15.2 Å². The predicted octanol–water partition coefficient (Wildman–Crippen LogP) is 2.12. The van der Waals surface area contributed by atoms with Crippen LogP contribution >= 0.6 is 23.1 Å². The second kappa shape index (κ2) is 7.20. The summed E-state index contributed by atoms with van der Waals surface area (Å²) in [6.45, 7) is 6.82. The molecule has 21 heavy (non-hydrogen) atoms. The molecule has 0 aromatic carbocycles. The molecule has 2 heterocycles. The summed E-state index contributed by atoms with van der Waals surface area (Å²) in [5.74, 6) is 0.398. The zero-order valence-electron chi connectivity index (χ0n) is 12.7. The lowest BCUT2D eigenvalue weighted by Gasteiger charge is -2.11. The summed E-state index contributed by atoms with van der Waals surface area (Å²) in [6.07, 6.45) is 1.57. The van der Waals surface area contributed by atoms with E-state index >= 15 is 0 Å². The molecule has 7 heteroatoms. The third-order valence-corrected chi connectivity index (χ3v) is 5.47. The molecule has 0 aliphatic heterocycles. The van der Waals surface area contributed by atoms with E-state index in [1.807, 2.05) is 14.0 Å². The monoisotopic (exact) mass is 324 g/mol. The number of amides is 1. The van der Waals surface area contributed by atoms with Gasteiger partial charge < -0.3 is 10.6 Å². The molecule has 0 saturated heterocycles. The zero-order chi connectivity index (χ0) is 15.4. The van der Waals surface area contributed by atoms with Crippen molar-refractivity contribution in [2.24, 2.45) is 0 Å². The Morgan fingerprint density at radius 3 is 2.90 bits per heavy atom. The molecule has 2 rings (SSSR count). The van der Waals surface area contributed by atoms with E-state index in [1.54, 1.807) is 17.7 Å². The molecule has 1 atom stereocenters. The van der Waals surface area contributed by atoms with Crippen LogP contribution in [0.5, 0.6) is 0 Å². The minimum atomic E-state index is 0.0264. The normalized spacial score (nSPS) is 12.6. The van der Waals surface area contributed by atoms with Gasteiger partial charge in [-0.15, -0.1) is 11.3 Å². The van der Waals surface area contributed by atoms with Crippen LogP contribution < -0.4 is 10.6 Å². The molecular formula is C14H20N4OS2. The predicted molar refractivity (Wildman–Crippen MR) is 89.1 cm³/mol. The van der Waals surface area contributed by atoms with Crippen molar-refractivity contribution in [3.8, 4) is 0 Å². The van der Waals surface area contributed by atoms with Crippen molar-refractivity contribution < 1.29 is 4.79 Å². The highest BCUT2D eigenvalue weighted by Gasteiger charge is 2.13. The molecule has 0 radical (unpaired) electrons. The average molecular weight is 324 g/mol. The number of thiophene rings is 1. The number of hydrogen-bond acceptors (Lipinski definition) is 6. The first-order valence-corrected chi connectivity index (χ1v) is 8.60. The van der Waals surface area contributed by atoms with Gasteiger partial charge in [0.1, 0.15) is 16.2 Å². The summed E-state index contributed by atoms with van der Waals surface area (Å²) in [5.41, 5.74) is 1.21. The Hall–Kier alpha value is -1.18. The van der Waals surface area contributed by atoms with Crippen LogP contribution in [0.3, 0.4) is 0 Å². The van der Waals surface area contributed by atoms with E-state index in [2.05, 4.69) is 34.4 Å². The van der Waals surface area contributed by atoms with Crippen molar-refractivity contribution in [3.05, 3.63) is 16.8 Å². The number of hydrogen-bond donors (Lipinski definition) is 2. The zero-order valence-corrected chi connectivity index (χ0v) is 14.3. The Morgan fingerprint density at radius 1 is 1.43 bits per heavy atom. The van der Waals surface area contributed by atoms with Crippen LogP contribution in [0.4, 0.5) is 0 Å². The summed E-state index contributed by atoms with van der Waals surface area (Å²) in [7, 11) is 1.88. The molecule has 1 unspecified atom stereocenters. The second-order valence-corrected chi connectivity index (χ2v) is 7.09. The van der Waals surface area contributed by atoms with E-state index in [-0.39, 0.29) is 11.9 Å². The van der Waals surface area contributed by atoms with Gasteiger partial charge in [-0.25, -0.2) is 9.97 Å². The van der Waals surface area contributed by atoms with Crippen molar-refractivity contribution in [1.29, 1.82) is 0 Å². The largest absolute Gasteiger partial charge is 0.354 e. The molecule has 2 aromatic heterocycles. The first kappa shape index (κ1) is 16.2. The van der Waals surface area contributed by atoms with Crippen molar-refractivity contribution in [2.45, 2.75) is 31.8 Å². The Morgan fingerprint density at radius 2 is 2.19 bits per heavy atom. The van der Waals surface area contributed by atoms with Crippen LogP contribution in [-0.4, -0.2) is 41.3 Å². The highest BCUT2D eigenvalue weighted by Crippen LogP contribution is 2.34. The van der Waals surface area contributed by atoms with Crippen molar-refractivity contribution in [3.63, 3.8) is 0 Å². The van der Waals surface area contributed by atoms with E-state index in [0.29, 0.717) is 12.3 Å². The van der Waals surface area contributed by atoms with Gasteiger partial charge in [0.15, 0.2) is 0 Å². The van der Waals surface area contributed by atoms with E-state index in [9.17, 15) is 4.79 Å². The standard InChI is InChI=1S/C14H20N4OS2/c1-8(15-4)5-16-11(19)6-20-13-12-9(2)10(3)21-14(12)18-7-17-13/h7-8,15H,5-6H2,1-4H3,(H,16,19). The van der Waals surface area contributed by atoms with Crippen molar-refractivity contribution in [2.75, 3.05) is 19.3 Å². The number of carbonyl (C=O) groups excluding carboxylic acids is 1. The first-order chi connectivity index (χ1) is 10.0. The smallest absolute Gasteiger partial charge is 0.230 e. The maximum atomic E-state index is 11.9. The summed E-state index contributed by atoms with van der Waals surface area (Å²) in [4.78, 5) is 22.7. The Kier molecular flexibility index (Phi) is 5.55. The topological polar surface area (TPSA) is 66.9 Å². The number of carbonyl (C=O) groups is 1. The van der Waals surface area contributed by atoms with Gasteiger partial charge in [0, 0.05) is 22.8 Å².